The number of carbonyl (C=O) groups excluding carboxylic acids is 1. The van der Waals surface area contributed by atoms with Crippen LogP contribution in [0.3, 0.4) is 0 Å². The molecular weight excluding hydrogens is 337 g/mol. The lowest BCUT2D eigenvalue weighted by Crippen LogP contribution is -2.31. The van der Waals surface area contributed by atoms with E-state index in [0.29, 0.717) is 11.0 Å². The van der Waals surface area contributed by atoms with E-state index in [9.17, 15) is 14.0 Å². The minimum absolute atomic E-state index is 0.111. The number of benzene rings is 1. The zero-order valence-corrected chi connectivity index (χ0v) is 14.9. The van der Waals surface area contributed by atoms with Gasteiger partial charge in [0.1, 0.15) is 11.2 Å². The van der Waals surface area contributed by atoms with Gasteiger partial charge in [0.25, 0.3) is 5.56 Å². The fourth-order valence-electron chi connectivity index (χ4n) is 2.80. The number of rotatable bonds is 5. The maximum atomic E-state index is 13.0. The number of nitrogens with zero attached hydrogens (tertiary/aromatic N) is 5. The molecule has 3 rings (SSSR count). The monoisotopic (exact) mass is 357 g/mol. The zero-order valence-electron chi connectivity index (χ0n) is 14.9. The Morgan fingerprint density at radius 3 is 2.69 bits per heavy atom. The van der Waals surface area contributed by atoms with E-state index in [4.69, 9.17) is 0 Å². The number of hydrogen-bond acceptors (Lipinski definition) is 4. The van der Waals surface area contributed by atoms with E-state index in [0.717, 1.165) is 5.56 Å². The first-order valence-corrected chi connectivity index (χ1v) is 8.26. The molecule has 0 aliphatic rings. The van der Waals surface area contributed by atoms with Crippen LogP contribution in [0.15, 0.2) is 41.6 Å². The van der Waals surface area contributed by atoms with Gasteiger partial charge in [-0.1, -0.05) is 12.1 Å². The number of aryl methyl sites for hydroxylation is 2. The number of halogens is 1. The van der Waals surface area contributed by atoms with Gasteiger partial charge < -0.3 is 4.90 Å². The van der Waals surface area contributed by atoms with Crippen LogP contribution >= 0.6 is 0 Å². The third-order valence-corrected chi connectivity index (χ3v) is 4.61. The molecule has 1 amide bonds. The molecular formula is C18H20FN5O2. The molecule has 0 bridgehead atoms. The quantitative estimate of drug-likeness (QED) is 0.699. The van der Waals surface area contributed by atoms with Gasteiger partial charge in [-0.15, -0.1) is 0 Å². The summed E-state index contributed by atoms with van der Waals surface area (Å²) in [5, 5.41) is 4.45. The molecule has 0 aliphatic heterocycles. The molecule has 7 nitrogen and oxygen atoms in total. The van der Waals surface area contributed by atoms with Gasteiger partial charge in [-0.25, -0.2) is 9.37 Å². The highest BCUT2D eigenvalue weighted by molar-refractivity contribution is 5.76. The molecule has 2 aromatic heterocycles. The van der Waals surface area contributed by atoms with Gasteiger partial charge in [0.15, 0.2) is 5.65 Å². The summed E-state index contributed by atoms with van der Waals surface area (Å²) >= 11 is 0. The van der Waals surface area contributed by atoms with Crippen LogP contribution in [0.5, 0.6) is 0 Å². The van der Waals surface area contributed by atoms with Crippen molar-refractivity contribution in [2.45, 2.75) is 25.9 Å². The molecule has 2 heterocycles. The predicted molar refractivity (Wildman–Crippen MR) is 95.0 cm³/mol. The van der Waals surface area contributed by atoms with Gasteiger partial charge in [0, 0.05) is 27.1 Å². The molecule has 0 aliphatic carbocycles. The van der Waals surface area contributed by atoms with Crippen molar-refractivity contribution in [2.75, 3.05) is 7.05 Å². The summed E-state index contributed by atoms with van der Waals surface area (Å²) in [6.45, 7) is 2.11. The summed E-state index contributed by atoms with van der Waals surface area (Å²) in [4.78, 5) is 30.7. The summed E-state index contributed by atoms with van der Waals surface area (Å²) < 4.78 is 16.0. The van der Waals surface area contributed by atoms with E-state index < -0.39 is 0 Å². The molecule has 0 N–H and O–H groups in total. The second-order valence-corrected chi connectivity index (χ2v) is 6.23. The Bertz CT molecular complexity index is 993. The zero-order chi connectivity index (χ0) is 18.8. The topological polar surface area (TPSA) is 73.0 Å². The van der Waals surface area contributed by atoms with Crippen LogP contribution in [0.25, 0.3) is 11.0 Å². The number of hydrogen-bond donors (Lipinski definition) is 0. The van der Waals surface area contributed by atoms with E-state index in [-0.39, 0.29) is 36.3 Å². The molecule has 0 spiro atoms. The number of carbonyl (C=O) groups is 1. The van der Waals surface area contributed by atoms with Gasteiger partial charge in [0.05, 0.1) is 18.6 Å². The van der Waals surface area contributed by atoms with Gasteiger partial charge in [-0.3, -0.25) is 18.8 Å². The van der Waals surface area contributed by atoms with Crippen molar-refractivity contribution in [1.29, 1.82) is 0 Å². The fourth-order valence-corrected chi connectivity index (χ4v) is 2.80. The molecule has 3 aromatic rings. The predicted octanol–water partition coefficient (Wildman–Crippen LogP) is 1.88. The lowest BCUT2D eigenvalue weighted by Gasteiger charge is -2.25. The summed E-state index contributed by atoms with van der Waals surface area (Å²) in [6.07, 6.45) is 3.07. The number of fused-ring (bicyclic) bond motifs is 1. The van der Waals surface area contributed by atoms with E-state index in [1.165, 1.54) is 33.9 Å². The van der Waals surface area contributed by atoms with Crippen LogP contribution in [-0.4, -0.2) is 37.2 Å². The molecule has 0 saturated heterocycles. The summed E-state index contributed by atoms with van der Waals surface area (Å²) in [7, 11) is 3.41. The number of aromatic nitrogens is 4. The van der Waals surface area contributed by atoms with Crippen molar-refractivity contribution >= 4 is 16.9 Å². The lowest BCUT2D eigenvalue weighted by molar-refractivity contribution is -0.132. The van der Waals surface area contributed by atoms with Crippen molar-refractivity contribution in [2.24, 2.45) is 7.05 Å². The normalized spacial score (nSPS) is 12.3. The van der Waals surface area contributed by atoms with Crippen LogP contribution in [0.4, 0.5) is 4.39 Å². The molecule has 1 atom stereocenters. The van der Waals surface area contributed by atoms with Gasteiger partial charge in [-0.05, 0) is 24.6 Å². The Kier molecular flexibility index (Phi) is 4.83. The average Bonchev–Trinajstić information content (AvgIpc) is 3.02. The molecule has 136 valence electrons. The fraction of sp³-hybridized carbons (Fsp3) is 0.333. The first-order chi connectivity index (χ1) is 12.4. The average molecular weight is 357 g/mol. The van der Waals surface area contributed by atoms with E-state index >= 15 is 0 Å². The Morgan fingerprint density at radius 1 is 1.31 bits per heavy atom. The van der Waals surface area contributed by atoms with Crippen molar-refractivity contribution in [3.63, 3.8) is 0 Å². The highest BCUT2D eigenvalue weighted by atomic mass is 19.1. The van der Waals surface area contributed by atoms with Crippen LogP contribution in [0, 0.1) is 5.82 Å². The minimum atomic E-state index is -0.312. The SMILES string of the molecule is C[C@@H](c1ccc(F)cc1)N(C)C(=O)CCn1cnc2c(cnn2C)c1=O. The third-order valence-electron chi connectivity index (χ3n) is 4.61. The van der Waals surface area contributed by atoms with Crippen LogP contribution < -0.4 is 5.56 Å². The molecule has 26 heavy (non-hydrogen) atoms. The summed E-state index contributed by atoms with van der Waals surface area (Å²) in [5.74, 6) is -0.424. The van der Waals surface area contributed by atoms with Crippen LogP contribution in [-0.2, 0) is 18.4 Å². The second-order valence-electron chi connectivity index (χ2n) is 6.23. The maximum Gasteiger partial charge on any atom is 0.264 e. The van der Waals surface area contributed by atoms with Gasteiger partial charge in [0.2, 0.25) is 5.91 Å². The lowest BCUT2D eigenvalue weighted by atomic mass is 10.1. The van der Waals surface area contributed by atoms with Gasteiger partial charge in [-0.2, -0.15) is 5.10 Å². The van der Waals surface area contributed by atoms with Crippen molar-refractivity contribution in [3.05, 3.63) is 58.5 Å². The molecule has 1 aromatic carbocycles. The van der Waals surface area contributed by atoms with Crippen molar-refractivity contribution < 1.29 is 9.18 Å². The van der Waals surface area contributed by atoms with E-state index in [1.54, 1.807) is 31.1 Å². The molecule has 0 saturated carbocycles. The second kappa shape index (κ2) is 7.07. The maximum absolute atomic E-state index is 13.0. The number of amides is 1. The van der Waals surface area contributed by atoms with Crippen molar-refractivity contribution in [1.82, 2.24) is 24.2 Å². The Labute approximate surface area is 149 Å². The first-order valence-electron chi connectivity index (χ1n) is 8.26. The van der Waals surface area contributed by atoms with E-state index in [2.05, 4.69) is 10.1 Å². The minimum Gasteiger partial charge on any atom is -0.339 e. The van der Waals surface area contributed by atoms with Crippen LogP contribution in [0.1, 0.15) is 24.9 Å². The first kappa shape index (κ1) is 17.8. The highest BCUT2D eigenvalue weighted by Crippen LogP contribution is 2.19. The third kappa shape index (κ3) is 3.35. The smallest absolute Gasteiger partial charge is 0.264 e. The highest BCUT2D eigenvalue weighted by Gasteiger charge is 2.18. The largest absolute Gasteiger partial charge is 0.339 e. The molecule has 0 fully saturated rings. The Morgan fingerprint density at radius 2 is 2.00 bits per heavy atom. The Balaban J connectivity index is 1.69. The standard InChI is InChI=1S/C18H20FN5O2/c1-12(13-4-6-14(19)7-5-13)22(2)16(25)8-9-24-11-20-17-15(18(24)26)10-21-23(17)3/h4-7,10-12H,8-9H2,1-3H3/t12-/m0/s1. The summed E-state index contributed by atoms with van der Waals surface area (Å²) in [5.41, 5.74) is 1.14. The molecule has 8 heteroatoms. The van der Waals surface area contributed by atoms with Gasteiger partial charge >= 0.3 is 0 Å². The van der Waals surface area contributed by atoms with Crippen molar-refractivity contribution in [3.8, 4) is 0 Å². The Hall–Kier alpha value is -3.03. The molecule has 0 unspecified atom stereocenters. The van der Waals surface area contributed by atoms with E-state index in [1.807, 2.05) is 6.92 Å². The summed E-state index contributed by atoms with van der Waals surface area (Å²) in [6, 6.07) is 5.87. The van der Waals surface area contributed by atoms with Crippen LogP contribution in [0.2, 0.25) is 0 Å². The molecule has 0 radical (unpaired) electrons.